The molecule has 1 aromatic carbocycles. The number of benzene rings is 1. The number of hydrogen-bond acceptors (Lipinski definition) is 3. The van der Waals surface area contributed by atoms with E-state index in [0.717, 1.165) is 24.1 Å². The van der Waals surface area contributed by atoms with E-state index in [4.69, 9.17) is 9.84 Å². The summed E-state index contributed by atoms with van der Waals surface area (Å²) < 4.78 is 5.28. The lowest BCUT2D eigenvalue weighted by Gasteiger charge is -2.16. The van der Waals surface area contributed by atoms with E-state index in [2.05, 4.69) is 11.8 Å². The maximum Gasteiger partial charge on any atom is 0.253 e. The highest BCUT2D eigenvalue weighted by Gasteiger charge is 2.26. The molecule has 4 nitrogen and oxygen atoms in total. The minimum atomic E-state index is -0.181. The first-order valence-corrected chi connectivity index (χ1v) is 6.68. The Labute approximate surface area is 119 Å². The molecule has 0 spiro atoms. The minimum Gasteiger partial charge on any atom is -0.384 e. The van der Waals surface area contributed by atoms with E-state index in [0.29, 0.717) is 12.1 Å². The van der Waals surface area contributed by atoms with Gasteiger partial charge in [-0.25, -0.2) is 0 Å². The second-order valence-corrected chi connectivity index (χ2v) is 4.89. The Bertz CT molecular complexity index is 557. The van der Waals surface area contributed by atoms with Crippen molar-refractivity contribution >= 4 is 5.91 Å². The summed E-state index contributed by atoms with van der Waals surface area (Å²) in [7, 11) is 1.67. The SMILES string of the molecule is COC1CCN(C(=O)c2ccc(C)c(C#CCO)c2)C1. The summed E-state index contributed by atoms with van der Waals surface area (Å²) in [6.45, 7) is 3.12. The highest BCUT2D eigenvalue weighted by molar-refractivity contribution is 5.95. The molecular weight excluding hydrogens is 254 g/mol. The molecule has 1 aliphatic heterocycles. The molecule has 4 heteroatoms. The third-order valence-corrected chi connectivity index (χ3v) is 3.55. The fourth-order valence-corrected chi connectivity index (χ4v) is 2.31. The first kappa shape index (κ1) is 14.6. The normalized spacial score (nSPS) is 17.8. The Morgan fingerprint density at radius 1 is 1.55 bits per heavy atom. The molecule has 1 amide bonds. The third kappa shape index (κ3) is 3.19. The molecule has 1 heterocycles. The molecule has 2 rings (SSSR count). The Kier molecular flexibility index (Phi) is 4.78. The molecule has 1 fully saturated rings. The predicted octanol–water partition coefficient (Wildman–Crippen LogP) is 1.20. The quantitative estimate of drug-likeness (QED) is 0.824. The van der Waals surface area contributed by atoms with Crippen LogP contribution in [0, 0.1) is 18.8 Å². The van der Waals surface area contributed by atoms with Gasteiger partial charge in [-0.3, -0.25) is 4.79 Å². The number of aliphatic hydroxyl groups is 1. The number of nitrogens with zero attached hydrogens (tertiary/aromatic N) is 1. The summed E-state index contributed by atoms with van der Waals surface area (Å²) in [5.41, 5.74) is 2.42. The highest BCUT2D eigenvalue weighted by atomic mass is 16.5. The molecule has 1 saturated heterocycles. The monoisotopic (exact) mass is 273 g/mol. The van der Waals surface area contributed by atoms with Crippen LogP contribution in [-0.4, -0.2) is 48.8 Å². The maximum atomic E-state index is 12.4. The van der Waals surface area contributed by atoms with Crippen LogP contribution in [0.25, 0.3) is 0 Å². The fraction of sp³-hybridized carbons (Fsp3) is 0.438. The van der Waals surface area contributed by atoms with Crippen LogP contribution in [0.3, 0.4) is 0 Å². The minimum absolute atomic E-state index is 0.0107. The molecule has 1 aromatic rings. The van der Waals surface area contributed by atoms with E-state index in [1.54, 1.807) is 13.2 Å². The van der Waals surface area contributed by atoms with Gasteiger partial charge in [0.1, 0.15) is 6.61 Å². The van der Waals surface area contributed by atoms with Crippen LogP contribution < -0.4 is 0 Å². The summed E-state index contributed by atoms with van der Waals surface area (Å²) in [6.07, 6.45) is 1.02. The largest absolute Gasteiger partial charge is 0.384 e. The standard InChI is InChI=1S/C16H19NO3/c1-12-5-6-14(10-13(12)4-3-9-18)16(19)17-8-7-15(11-17)20-2/h5-6,10,15,18H,7-9,11H2,1-2H3. The van der Waals surface area contributed by atoms with Gasteiger partial charge < -0.3 is 14.7 Å². The van der Waals surface area contributed by atoms with Crippen LogP contribution in [0.5, 0.6) is 0 Å². The van der Waals surface area contributed by atoms with Crippen molar-refractivity contribution in [2.75, 3.05) is 26.8 Å². The number of rotatable bonds is 2. The molecule has 106 valence electrons. The first-order chi connectivity index (χ1) is 9.65. The van der Waals surface area contributed by atoms with Gasteiger partial charge in [0.25, 0.3) is 5.91 Å². The van der Waals surface area contributed by atoms with E-state index < -0.39 is 0 Å². The first-order valence-electron chi connectivity index (χ1n) is 6.68. The van der Waals surface area contributed by atoms with Crippen molar-refractivity contribution in [1.29, 1.82) is 0 Å². The Hall–Kier alpha value is -1.83. The van der Waals surface area contributed by atoms with Gasteiger partial charge in [-0.1, -0.05) is 17.9 Å². The average Bonchev–Trinajstić information content (AvgIpc) is 2.94. The lowest BCUT2D eigenvalue weighted by molar-refractivity contribution is 0.0724. The van der Waals surface area contributed by atoms with Gasteiger partial charge in [0.2, 0.25) is 0 Å². The number of amides is 1. The third-order valence-electron chi connectivity index (χ3n) is 3.55. The molecule has 0 aliphatic carbocycles. The zero-order valence-corrected chi connectivity index (χ0v) is 11.8. The van der Waals surface area contributed by atoms with Crippen LogP contribution in [0.4, 0.5) is 0 Å². The van der Waals surface area contributed by atoms with E-state index in [-0.39, 0.29) is 18.6 Å². The van der Waals surface area contributed by atoms with Crippen molar-refractivity contribution in [2.45, 2.75) is 19.4 Å². The molecule has 20 heavy (non-hydrogen) atoms. The molecule has 0 saturated carbocycles. The van der Waals surface area contributed by atoms with Gasteiger partial charge >= 0.3 is 0 Å². The highest BCUT2D eigenvalue weighted by Crippen LogP contribution is 2.17. The van der Waals surface area contributed by atoms with E-state index in [9.17, 15) is 4.79 Å². The van der Waals surface area contributed by atoms with Crippen molar-refractivity contribution < 1.29 is 14.6 Å². The molecule has 0 radical (unpaired) electrons. The number of aliphatic hydroxyl groups excluding tert-OH is 1. The predicted molar refractivity (Wildman–Crippen MR) is 76.5 cm³/mol. The molecule has 0 aromatic heterocycles. The number of hydrogen-bond donors (Lipinski definition) is 1. The van der Waals surface area contributed by atoms with Gasteiger partial charge in [-0.05, 0) is 31.0 Å². The van der Waals surface area contributed by atoms with Gasteiger partial charge in [-0.15, -0.1) is 0 Å². The van der Waals surface area contributed by atoms with Crippen molar-refractivity contribution in [3.8, 4) is 11.8 Å². The number of likely N-dealkylation sites (tertiary alicyclic amines) is 1. The van der Waals surface area contributed by atoms with Crippen LogP contribution in [0.1, 0.15) is 27.9 Å². The van der Waals surface area contributed by atoms with Crippen LogP contribution in [-0.2, 0) is 4.74 Å². The van der Waals surface area contributed by atoms with Gasteiger partial charge in [0.05, 0.1) is 6.10 Å². The number of methoxy groups -OCH3 is 1. The van der Waals surface area contributed by atoms with Crippen LogP contribution in [0.15, 0.2) is 18.2 Å². The summed E-state index contributed by atoms with van der Waals surface area (Å²) in [6, 6.07) is 5.50. The second-order valence-electron chi connectivity index (χ2n) is 4.89. The Morgan fingerprint density at radius 2 is 2.35 bits per heavy atom. The summed E-state index contributed by atoms with van der Waals surface area (Å²) >= 11 is 0. The van der Waals surface area contributed by atoms with Crippen molar-refractivity contribution in [3.05, 3.63) is 34.9 Å². The zero-order valence-electron chi connectivity index (χ0n) is 11.8. The van der Waals surface area contributed by atoms with Crippen molar-refractivity contribution in [1.82, 2.24) is 4.90 Å². The van der Waals surface area contributed by atoms with Crippen LogP contribution in [0.2, 0.25) is 0 Å². The molecule has 1 unspecified atom stereocenters. The van der Waals surface area contributed by atoms with E-state index in [1.807, 2.05) is 24.0 Å². The van der Waals surface area contributed by atoms with E-state index in [1.165, 1.54) is 0 Å². The van der Waals surface area contributed by atoms with Crippen molar-refractivity contribution in [3.63, 3.8) is 0 Å². The molecule has 1 N–H and O–H groups in total. The summed E-state index contributed by atoms with van der Waals surface area (Å²) in [4.78, 5) is 14.2. The summed E-state index contributed by atoms with van der Waals surface area (Å²) in [5.74, 6) is 5.50. The number of ether oxygens (including phenoxy) is 1. The Morgan fingerprint density at radius 3 is 3.00 bits per heavy atom. The van der Waals surface area contributed by atoms with Gasteiger partial charge in [-0.2, -0.15) is 0 Å². The van der Waals surface area contributed by atoms with E-state index >= 15 is 0 Å². The second kappa shape index (κ2) is 6.56. The number of carbonyl (C=O) groups excluding carboxylic acids is 1. The fourth-order valence-electron chi connectivity index (χ4n) is 2.31. The lowest BCUT2D eigenvalue weighted by atomic mass is 10.0. The molecular formula is C16H19NO3. The topological polar surface area (TPSA) is 49.8 Å². The molecule has 0 bridgehead atoms. The smallest absolute Gasteiger partial charge is 0.253 e. The summed E-state index contributed by atoms with van der Waals surface area (Å²) in [5, 5.41) is 8.76. The lowest BCUT2D eigenvalue weighted by Crippen LogP contribution is -2.30. The molecule has 1 aliphatic rings. The number of carbonyl (C=O) groups is 1. The number of aryl methyl sites for hydroxylation is 1. The Balaban J connectivity index is 2.18. The van der Waals surface area contributed by atoms with Gasteiger partial charge in [0, 0.05) is 31.3 Å². The zero-order chi connectivity index (χ0) is 14.5. The van der Waals surface area contributed by atoms with Crippen molar-refractivity contribution in [2.24, 2.45) is 0 Å². The molecule has 1 atom stereocenters. The van der Waals surface area contributed by atoms with Crippen LogP contribution >= 0.6 is 0 Å². The average molecular weight is 273 g/mol. The van der Waals surface area contributed by atoms with Gasteiger partial charge in [0.15, 0.2) is 0 Å². The maximum absolute atomic E-state index is 12.4.